The average molecular weight is 263 g/mol. The second-order valence-corrected chi connectivity index (χ2v) is 6.40. The number of hydrogen-bond acceptors (Lipinski definition) is 2. The lowest BCUT2D eigenvalue weighted by molar-refractivity contribution is -0.141. The number of carboxylic acid groups (broad SMARTS) is 1. The molecule has 3 heteroatoms. The highest BCUT2D eigenvalue weighted by Gasteiger charge is 2.20. The Kier molecular flexibility index (Phi) is 4.75. The van der Waals surface area contributed by atoms with Gasteiger partial charge in [-0.3, -0.25) is 4.79 Å². The van der Waals surface area contributed by atoms with Crippen LogP contribution in [0.4, 0.5) is 0 Å². The molecule has 0 heterocycles. The van der Waals surface area contributed by atoms with E-state index in [1.807, 2.05) is 6.92 Å². The van der Waals surface area contributed by atoms with Gasteiger partial charge >= 0.3 is 5.97 Å². The molecule has 0 aromatic heterocycles. The Balaban J connectivity index is 3.02. The van der Waals surface area contributed by atoms with Crippen molar-refractivity contribution < 1.29 is 9.90 Å². The van der Waals surface area contributed by atoms with Crippen LogP contribution in [0.25, 0.3) is 0 Å². The van der Waals surface area contributed by atoms with Gasteiger partial charge in [0.2, 0.25) is 0 Å². The second-order valence-electron chi connectivity index (χ2n) is 6.40. The van der Waals surface area contributed by atoms with E-state index in [0.29, 0.717) is 6.42 Å². The van der Waals surface area contributed by atoms with E-state index in [-0.39, 0.29) is 11.5 Å². The summed E-state index contributed by atoms with van der Waals surface area (Å²) in [6, 6.07) is 6.08. The molecule has 0 bridgehead atoms. The predicted octanol–water partition coefficient (Wildman–Crippen LogP) is 3.40. The summed E-state index contributed by atoms with van der Waals surface area (Å²) in [5.41, 5.74) is 9.66. The molecule has 0 aliphatic heterocycles. The third kappa shape index (κ3) is 4.06. The molecule has 2 atom stereocenters. The number of benzene rings is 1. The third-order valence-electron chi connectivity index (χ3n) is 3.57. The molecule has 3 N–H and O–H groups in total. The molecule has 0 aliphatic rings. The Morgan fingerprint density at radius 2 is 1.95 bits per heavy atom. The van der Waals surface area contributed by atoms with Crippen molar-refractivity contribution in [2.45, 2.75) is 52.5 Å². The zero-order valence-corrected chi connectivity index (χ0v) is 12.5. The molecule has 1 rings (SSSR count). The summed E-state index contributed by atoms with van der Waals surface area (Å²) in [4.78, 5) is 10.9. The maximum absolute atomic E-state index is 10.9. The van der Waals surface area contributed by atoms with E-state index in [2.05, 4.69) is 39.0 Å². The first-order chi connectivity index (χ1) is 8.62. The lowest BCUT2D eigenvalue weighted by Gasteiger charge is -2.23. The van der Waals surface area contributed by atoms with Crippen LogP contribution in [-0.2, 0) is 10.2 Å². The Hall–Kier alpha value is -1.35. The molecular formula is C16H25NO2. The van der Waals surface area contributed by atoms with Crippen LogP contribution in [0.1, 0.15) is 56.8 Å². The molecule has 0 saturated carbocycles. The molecule has 0 fully saturated rings. The van der Waals surface area contributed by atoms with Crippen LogP contribution < -0.4 is 5.73 Å². The summed E-state index contributed by atoms with van der Waals surface area (Å²) >= 11 is 0. The Labute approximate surface area is 115 Å². The Bertz CT molecular complexity index is 460. The van der Waals surface area contributed by atoms with Gasteiger partial charge in [0.1, 0.15) is 0 Å². The molecule has 1 aromatic carbocycles. The van der Waals surface area contributed by atoms with Crippen molar-refractivity contribution in [2.75, 3.05) is 0 Å². The number of nitrogens with two attached hydrogens (primary N) is 1. The minimum absolute atomic E-state index is 0.0700. The summed E-state index contributed by atoms with van der Waals surface area (Å²) < 4.78 is 0. The number of carboxylic acids is 1. The monoisotopic (exact) mass is 263 g/mol. The van der Waals surface area contributed by atoms with Crippen LogP contribution in [0.15, 0.2) is 18.2 Å². The SMILES string of the molecule is Cc1ccc(C(C)(C)C)cc1C(N)CC(C)C(=O)O. The number of rotatable bonds is 4. The van der Waals surface area contributed by atoms with E-state index in [1.165, 1.54) is 5.56 Å². The third-order valence-corrected chi connectivity index (χ3v) is 3.57. The molecule has 19 heavy (non-hydrogen) atoms. The van der Waals surface area contributed by atoms with Crippen LogP contribution in [0.3, 0.4) is 0 Å². The van der Waals surface area contributed by atoms with Gasteiger partial charge in [0.05, 0.1) is 5.92 Å². The lowest BCUT2D eigenvalue weighted by atomic mass is 9.83. The quantitative estimate of drug-likeness (QED) is 0.875. The molecule has 0 spiro atoms. The fraction of sp³-hybridized carbons (Fsp3) is 0.562. The lowest BCUT2D eigenvalue weighted by Crippen LogP contribution is -2.21. The van der Waals surface area contributed by atoms with Crippen molar-refractivity contribution in [3.63, 3.8) is 0 Å². The van der Waals surface area contributed by atoms with E-state index < -0.39 is 11.9 Å². The van der Waals surface area contributed by atoms with Crippen molar-refractivity contribution >= 4 is 5.97 Å². The summed E-state index contributed by atoms with van der Waals surface area (Å²) in [5, 5.41) is 8.98. The maximum Gasteiger partial charge on any atom is 0.306 e. The second kappa shape index (κ2) is 5.74. The summed E-state index contributed by atoms with van der Waals surface area (Å²) in [5.74, 6) is -1.22. The fourth-order valence-electron chi connectivity index (χ4n) is 2.12. The zero-order chi connectivity index (χ0) is 14.8. The molecule has 0 radical (unpaired) electrons. The standard InChI is InChI=1S/C16H25NO2/c1-10-6-7-12(16(3,4)5)9-13(10)14(17)8-11(2)15(18)19/h6-7,9,11,14H,8,17H2,1-5H3,(H,18,19). The van der Waals surface area contributed by atoms with Crippen LogP contribution in [0.5, 0.6) is 0 Å². The minimum atomic E-state index is -0.792. The van der Waals surface area contributed by atoms with Crippen molar-refractivity contribution in [3.8, 4) is 0 Å². The highest BCUT2D eigenvalue weighted by molar-refractivity contribution is 5.69. The normalized spacial score (nSPS) is 15.1. The molecule has 1 aromatic rings. The van der Waals surface area contributed by atoms with Gasteiger partial charge in [0.25, 0.3) is 0 Å². The van der Waals surface area contributed by atoms with Gasteiger partial charge in [-0.2, -0.15) is 0 Å². The molecule has 0 amide bonds. The molecular weight excluding hydrogens is 238 g/mol. The van der Waals surface area contributed by atoms with Gasteiger partial charge in [-0.1, -0.05) is 45.9 Å². The fourth-order valence-corrected chi connectivity index (χ4v) is 2.12. The Morgan fingerprint density at radius 1 is 1.37 bits per heavy atom. The van der Waals surface area contributed by atoms with Crippen LogP contribution >= 0.6 is 0 Å². The van der Waals surface area contributed by atoms with E-state index in [9.17, 15) is 4.79 Å². The van der Waals surface area contributed by atoms with Gasteiger partial charge in [0, 0.05) is 6.04 Å². The zero-order valence-electron chi connectivity index (χ0n) is 12.5. The van der Waals surface area contributed by atoms with E-state index in [0.717, 1.165) is 11.1 Å². The first-order valence-corrected chi connectivity index (χ1v) is 6.72. The van der Waals surface area contributed by atoms with Crippen LogP contribution in [0, 0.1) is 12.8 Å². The Morgan fingerprint density at radius 3 is 2.42 bits per heavy atom. The van der Waals surface area contributed by atoms with Crippen LogP contribution in [0.2, 0.25) is 0 Å². The molecule has 106 valence electrons. The largest absolute Gasteiger partial charge is 0.481 e. The highest BCUT2D eigenvalue weighted by atomic mass is 16.4. The van der Waals surface area contributed by atoms with Gasteiger partial charge in [-0.15, -0.1) is 0 Å². The summed E-state index contributed by atoms with van der Waals surface area (Å²) in [6.45, 7) is 10.2. The van der Waals surface area contributed by atoms with Crippen molar-refractivity contribution in [3.05, 3.63) is 34.9 Å². The molecule has 2 unspecified atom stereocenters. The van der Waals surface area contributed by atoms with Gasteiger partial charge in [-0.05, 0) is 35.4 Å². The first-order valence-electron chi connectivity index (χ1n) is 6.72. The smallest absolute Gasteiger partial charge is 0.306 e. The van der Waals surface area contributed by atoms with Crippen molar-refractivity contribution in [2.24, 2.45) is 11.7 Å². The average Bonchev–Trinajstić information content (AvgIpc) is 2.27. The van der Waals surface area contributed by atoms with Crippen molar-refractivity contribution in [1.82, 2.24) is 0 Å². The van der Waals surface area contributed by atoms with Gasteiger partial charge in [0.15, 0.2) is 0 Å². The first kappa shape index (κ1) is 15.7. The summed E-state index contributed by atoms with van der Waals surface area (Å²) in [6.07, 6.45) is 0.462. The summed E-state index contributed by atoms with van der Waals surface area (Å²) in [7, 11) is 0. The van der Waals surface area contributed by atoms with E-state index in [1.54, 1.807) is 6.92 Å². The number of aryl methyl sites for hydroxylation is 1. The van der Waals surface area contributed by atoms with E-state index in [4.69, 9.17) is 10.8 Å². The predicted molar refractivity (Wildman–Crippen MR) is 78.2 cm³/mol. The van der Waals surface area contributed by atoms with Gasteiger partial charge in [-0.25, -0.2) is 0 Å². The molecule has 0 saturated heterocycles. The minimum Gasteiger partial charge on any atom is -0.481 e. The topological polar surface area (TPSA) is 63.3 Å². The molecule has 3 nitrogen and oxygen atoms in total. The van der Waals surface area contributed by atoms with Crippen molar-refractivity contribution in [1.29, 1.82) is 0 Å². The number of hydrogen-bond donors (Lipinski definition) is 2. The van der Waals surface area contributed by atoms with E-state index >= 15 is 0 Å². The highest BCUT2D eigenvalue weighted by Crippen LogP contribution is 2.28. The van der Waals surface area contributed by atoms with Gasteiger partial charge < -0.3 is 10.8 Å². The van der Waals surface area contributed by atoms with Crippen LogP contribution in [-0.4, -0.2) is 11.1 Å². The molecule has 0 aliphatic carbocycles. The maximum atomic E-state index is 10.9. The number of aliphatic carboxylic acids is 1. The number of carbonyl (C=O) groups is 1.